The van der Waals surface area contributed by atoms with E-state index < -0.39 is 0 Å². The molecule has 0 bridgehead atoms. The molecule has 4 heteroatoms. The van der Waals surface area contributed by atoms with E-state index in [9.17, 15) is 0 Å². The van der Waals surface area contributed by atoms with Crippen LogP contribution in [-0.2, 0) is 15.1 Å². The molecule has 0 atom stereocenters. The molecule has 2 nitrogen and oxygen atoms in total. The fourth-order valence-corrected chi connectivity index (χ4v) is 0. The van der Waals surface area contributed by atoms with E-state index in [1.807, 2.05) is 0 Å². The number of hydrogen-bond acceptors (Lipinski definition) is 2. The first-order chi connectivity index (χ1) is 2.91. The van der Waals surface area contributed by atoms with Gasteiger partial charge in [0.05, 0.1) is 0 Å². The van der Waals surface area contributed by atoms with Crippen LogP contribution < -0.4 is 11.5 Å². The van der Waals surface area contributed by atoms with Crippen LogP contribution in [0, 0.1) is 0 Å². The predicted octanol–water partition coefficient (Wildman–Crippen LogP) is -0.409. The third-order valence-electron chi connectivity index (χ3n) is 0.167. The molecule has 0 saturated carbocycles. The molecule has 0 saturated heterocycles. The summed E-state index contributed by atoms with van der Waals surface area (Å²) in [7, 11) is 4.20. The molecule has 0 heterocycles. The third kappa shape index (κ3) is 22.0. The van der Waals surface area contributed by atoms with Gasteiger partial charge in [-0.05, 0) is 0 Å². The third-order valence-corrected chi connectivity index (χ3v) is 0.167. The Labute approximate surface area is 50.3 Å². The van der Waals surface area contributed by atoms with Gasteiger partial charge in [-0.2, -0.15) is 0 Å². The Morgan fingerprint density at radius 1 is 1.17 bits per heavy atom. The van der Waals surface area contributed by atoms with E-state index in [0.29, 0.717) is 13.1 Å². The standard InChI is InChI=1S/C2H8N2.ClH.Cu/c3-1-2-4;;/h1-4H2;1H;/q;;+1/p-1. The van der Waals surface area contributed by atoms with E-state index in [0.717, 1.165) is 0 Å². The molecule has 0 aromatic heterocycles. The molecule has 0 unspecified atom stereocenters. The van der Waals surface area contributed by atoms with Crippen LogP contribution >= 0.6 is 10.1 Å². The zero-order chi connectivity index (χ0) is 5.41. The summed E-state index contributed by atoms with van der Waals surface area (Å²) in [6.45, 7) is 1.19. The predicted molar refractivity (Wildman–Crippen MR) is 24.0 cm³/mol. The number of rotatable bonds is 1. The topological polar surface area (TPSA) is 52.0 Å². The van der Waals surface area contributed by atoms with Crippen LogP contribution in [0.15, 0.2) is 0 Å². The van der Waals surface area contributed by atoms with Crippen molar-refractivity contribution in [3.63, 3.8) is 0 Å². The molecule has 0 fully saturated rings. The molecule has 0 radical (unpaired) electrons. The van der Waals surface area contributed by atoms with E-state index in [2.05, 4.69) is 25.2 Å². The van der Waals surface area contributed by atoms with Gasteiger partial charge in [0.25, 0.3) is 0 Å². The van der Waals surface area contributed by atoms with Crippen LogP contribution in [0.4, 0.5) is 0 Å². The molecule has 0 aromatic carbocycles. The SMILES string of the molecule is NCCN.[Cl][Cu]. The number of hydrogen-bond donors (Lipinski definition) is 2. The summed E-state index contributed by atoms with van der Waals surface area (Å²) in [6.07, 6.45) is 0. The van der Waals surface area contributed by atoms with Crippen molar-refractivity contribution in [2.45, 2.75) is 0 Å². The Kier molecular flexibility index (Phi) is 28.3. The molecule has 0 rings (SSSR count). The van der Waals surface area contributed by atoms with E-state index in [4.69, 9.17) is 11.5 Å². The molecule has 44 valence electrons. The Morgan fingerprint density at radius 3 is 1.33 bits per heavy atom. The van der Waals surface area contributed by atoms with Crippen LogP contribution in [0.25, 0.3) is 0 Å². The van der Waals surface area contributed by atoms with Gasteiger partial charge in [0.1, 0.15) is 0 Å². The van der Waals surface area contributed by atoms with Crippen molar-refractivity contribution in [2.24, 2.45) is 11.5 Å². The van der Waals surface area contributed by atoms with Gasteiger partial charge in [-0.1, -0.05) is 0 Å². The van der Waals surface area contributed by atoms with Crippen molar-refractivity contribution in [2.75, 3.05) is 13.1 Å². The monoisotopic (exact) mass is 158 g/mol. The first-order valence-corrected chi connectivity index (χ1v) is 2.73. The van der Waals surface area contributed by atoms with Crippen LogP contribution in [0.5, 0.6) is 0 Å². The molecular formula is C2H8ClCuN2. The summed E-state index contributed by atoms with van der Waals surface area (Å²) in [4.78, 5) is 0. The average Bonchev–Trinajstić information content (AvgIpc) is 1.72. The van der Waals surface area contributed by atoms with Gasteiger partial charge in [-0.15, -0.1) is 0 Å². The fraction of sp³-hybridized carbons (Fsp3) is 1.00. The minimum absolute atomic E-state index is 0.597. The maximum atomic E-state index is 4.90. The van der Waals surface area contributed by atoms with Crippen molar-refractivity contribution in [1.82, 2.24) is 0 Å². The van der Waals surface area contributed by atoms with E-state index in [-0.39, 0.29) is 0 Å². The van der Waals surface area contributed by atoms with Crippen molar-refractivity contribution >= 4 is 10.1 Å². The van der Waals surface area contributed by atoms with Gasteiger partial charge in [-0.25, -0.2) is 0 Å². The minimum atomic E-state index is 0.597. The first-order valence-electron chi connectivity index (χ1n) is 1.43. The Balaban J connectivity index is 0. The molecule has 0 spiro atoms. The molecule has 0 aliphatic carbocycles. The summed E-state index contributed by atoms with van der Waals surface area (Å²) in [5.74, 6) is 0. The first kappa shape index (κ1) is 9.88. The van der Waals surface area contributed by atoms with Crippen LogP contribution in [-0.4, -0.2) is 13.1 Å². The maximum absolute atomic E-state index is 4.90. The second kappa shape index (κ2) is 17.2. The van der Waals surface area contributed by atoms with Gasteiger partial charge in [0.15, 0.2) is 0 Å². The molecule has 4 N–H and O–H groups in total. The summed E-state index contributed by atoms with van der Waals surface area (Å²) < 4.78 is 0. The second-order valence-corrected chi connectivity index (χ2v) is 0.577. The molecule has 6 heavy (non-hydrogen) atoms. The van der Waals surface area contributed by atoms with E-state index in [1.165, 1.54) is 0 Å². The van der Waals surface area contributed by atoms with Gasteiger partial charge in [0, 0.05) is 13.1 Å². The fourth-order valence-electron chi connectivity index (χ4n) is 0. The zero-order valence-corrected chi connectivity index (χ0v) is 4.95. The average molecular weight is 159 g/mol. The second-order valence-electron chi connectivity index (χ2n) is 0.577. The summed E-state index contributed by atoms with van der Waals surface area (Å²) in [6, 6.07) is 0. The van der Waals surface area contributed by atoms with Crippen molar-refractivity contribution in [3.8, 4) is 0 Å². The summed E-state index contributed by atoms with van der Waals surface area (Å²) in [5.41, 5.74) is 9.81. The Morgan fingerprint density at radius 2 is 1.33 bits per heavy atom. The van der Waals surface area contributed by atoms with Gasteiger partial charge < -0.3 is 11.5 Å². The molecule has 0 aromatic rings. The Hall–Kier alpha value is 0.729. The summed E-state index contributed by atoms with van der Waals surface area (Å²) >= 11 is 3.66. The quantitative estimate of drug-likeness (QED) is 0.511. The van der Waals surface area contributed by atoms with Crippen molar-refractivity contribution in [1.29, 1.82) is 0 Å². The van der Waals surface area contributed by atoms with Crippen LogP contribution in [0.3, 0.4) is 0 Å². The van der Waals surface area contributed by atoms with Gasteiger partial charge >= 0.3 is 25.2 Å². The Bertz CT molecular complexity index is 13.5. The molecular weight excluding hydrogens is 151 g/mol. The van der Waals surface area contributed by atoms with Crippen LogP contribution in [0.2, 0.25) is 0 Å². The van der Waals surface area contributed by atoms with E-state index in [1.54, 1.807) is 0 Å². The molecule has 0 amide bonds. The molecule has 0 aliphatic heterocycles. The van der Waals surface area contributed by atoms with Crippen molar-refractivity contribution in [3.05, 3.63) is 0 Å². The molecule has 0 aliphatic rings. The number of nitrogens with two attached hydrogens (primary N) is 2. The van der Waals surface area contributed by atoms with E-state index >= 15 is 0 Å². The van der Waals surface area contributed by atoms with Crippen molar-refractivity contribution < 1.29 is 15.1 Å². The normalized spacial score (nSPS) is 6.17. The van der Waals surface area contributed by atoms with Gasteiger partial charge in [0.2, 0.25) is 0 Å². The number of halogens is 1. The summed E-state index contributed by atoms with van der Waals surface area (Å²) in [5, 5.41) is 0. The van der Waals surface area contributed by atoms with Crippen LogP contribution in [0.1, 0.15) is 0 Å². The zero-order valence-electron chi connectivity index (χ0n) is 3.25. The van der Waals surface area contributed by atoms with Gasteiger partial charge in [-0.3, -0.25) is 0 Å².